The van der Waals surface area contributed by atoms with Gasteiger partial charge in [-0.25, -0.2) is 4.79 Å². The Morgan fingerprint density at radius 3 is 2.39 bits per heavy atom. The minimum atomic E-state index is -1.19. The summed E-state index contributed by atoms with van der Waals surface area (Å²) >= 11 is 0. The molecular weight excluding hydrogens is 304 g/mol. The van der Waals surface area contributed by atoms with E-state index in [4.69, 9.17) is 18.9 Å². The molecule has 0 aliphatic carbocycles. The number of urea groups is 1. The summed E-state index contributed by atoms with van der Waals surface area (Å²) in [5, 5.41) is 5.08. The van der Waals surface area contributed by atoms with Crippen molar-refractivity contribution in [2.24, 2.45) is 5.92 Å². The number of fused-ring (bicyclic) bond motifs is 1. The van der Waals surface area contributed by atoms with Crippen molar-refractivity contribution in [3.63, 3.8) is 0 Å². The van der Waals surface area contributed by atoms with E-state index >= 15 is 0 Å². The number of imide groups is 1. The molecule has 5 unspecified atom stereocenters. The smallest absolute Gasteiger partial charge is 0.322 e. The summed E-state index contributed by atoms with van der Waals surface area (Å²) < 4.78 is 23.1. The summed E-state index contributed by atoms with van der Waals surface area (Å²) in [7, 11) is 1.52. The van der Waals surface area contributed by atoms with Gasteiger partial charge in [-0.2, -0.15) is 0 Å². The first kappa shape index (κ1) is 16.6. The minimum Gasteiger partial charge on any atom is -0.353 e. The number of rotatable bonds is 4. The maximum Gasteiger partial charge on any atom is 0.322 e. The fourth-order valence-corrected chi connectivity index (χ4v) is 3.76. The van der Waals surface area contributed by atoms with Gasteiger partial charge in [0.2, 0.25) is 0 Å². The lowest BCUT2D eigenvalue weighted by atomic mass is 9.81. The van der Waals surface area contributed by atoms with Crippen LogP contribution >= 0.6 is 0 Å². The maximum atomic E-state index is 12.6. The van der Waals surface area contributed by atoms with Crippen molar-refractivity contribution in [3.05, 3.63) is 0 Å². The number of hydrogen-bond donors (Lipinski definition) is 2. The van der Waals surface area contributed by atoms with Crippen LogP contribution in [0.3, 0.4) is 0 Å². The molecule has 3 aliphatic heterocycles. The van der Waals surface area contributed by atoms with Gasteiger partial charge in [0, 0.05) is 7.11 Å². The van der Waals surface area contributed by atoms with E-state index in [0.29, 0.717) is 6.42 Å². The number of amides is 3. The van der Waals surface area contributed by atoms with E-state index < -0.39 is 47.9 Å². The molecule has 5 atom stereocenters. The van der Waals surface area contributed by atoms with E-state index in [1.54, 1.807) is 13.8 Å². The molecule has 130 valence electrons. The van der Waals surface area contributed by atoms with E-state index in [1.807, 2.05) is 13.8 Å². The summed E-state index contributed by atoms with van der Waals surface area (Å²) in [6.07, 6.45) is -1.86. The van der Waals surface area contributed by atoms with Crippen molar-refractivity contribution in [1.29, 1.82) is 0 Å². The van der Waals surface area contributed by atoms with Crippen LogP contribution < -0.4 is 10.6 Å². The molecule has 8 heteroatoms. The van der Waals surface area contributed by atoms with Gasteiger partial charge in [0.15, 0.2) is 12.1 Å². The molecule has 0 bridgehead atoms. The highest BCUT2D eigenvalue weighted by molar-refractivity contribution is 6.07. The Morgan fingerprint density at radius 1 is 1.22 bits per heavy atom. The van der Waals surface area contributed by atoms with Crippen molar-refractivity contribution < 1.29 is 28.5 Å². The van der Waals surface area contributed by atoms with Gasteiger partial charge in [-0.15, -0.1) is 0 Å². The van der Waals surface area contributed by atoms with Gasteiger partial charge in [0.05, 0.1) is 0 Å². The molecule has 0 radical (unpaired) electrons. The van der Waals surface area contributed by atoms with Gasteiger partial charge in [-0.05, 0) is 26.2 Å². The molecule has 0 spiro atoms. The van der Waals surface area contributed by atoms with Gasteiger partial charge in [-0.3, -0.25) is 10.1 Å². The van der Waals surface area contributed by atoms with Crippen molar-refractivity contribution in [3.8, 4) is 0 Å². The summed E-state index contributed by atoms with van der Waals surface area (Å²) in [5.74, 6) is -1.03. The average molecular weight is 328 g/mol. The van der Waals surface area contributed by atoms with Crippen LogP contribution in [-0.2, 0) is 23.7 Å². The standard InChI is InChI=1S/C15H24N2O6/c1-7(2)6-15(12(18)16-13(19)17-15)10-8-9(11(20-5)21-10)23-14(3,4)22-8/h7-11H,6H2,1-5H3,(H2,16,17,18,19). The van der Waals surface area contributed by atoms with Gasteiger partial charge in [-0.1, -0.05) is 13.8 Å². The van der Waals surface area contributed by atoms with Gasteiger partial charge >= 0.3 is 6.03 Å². The highest BCUT2D eigenvalue weighted by Crippen LogP contribution is 2.44. The fourth-order valence-electron chi connectivity index (χ4n) is 3.76. The van der Waals surface area contributed by atoms with Gasteiger partial charge < -0.3 is 24.3 Å². The van der Waals surface area contributed by atoms with Crippen LogP contribution in [0.15, 0.2) is 0 Å². The number of hydrogen-bond acceptors (Lipinski definition) is 6. The van der Waals surface area contributed by atoms with Crippen molar-refractivity contribution in [2.75, 3.05) is 7.11 Å². The Kier molecular flexibility index (Phi) is 3.91. The molecule has 2 N–H and O–H groups in total. The predicted octanol–water partition coefficient (Wildman–Crippen LogP) is 0.502. The number of carbonyl (C=O) groups is 2. The van der Waals surface area contributed by atoms with Gasteiger partial charge in [0.25, 0.3) is 5.91 Å². The number of ether oxygens (including phenoxy) is 4. The van der Waals surface area contributed by atoms with E-state index in [0.717, 1.165) is 0 Å². The molecule has 8 nitrogen and oxygen atoms in total. The maximum absolute atomic E-state index is 12.6. The molecule has 3 aliphatic rings. The van der Waals surface area contributed by atoms with Crippen LogP contribution in [-0.4, -0.2) is 55.0 Å². The van der Waals surface area contributed by atoms with Crippen molar-refractivity contribution in [1.82, 2.24) is 10.6 Å². The lowest BCUT2D eigenvalue weighted by molar-refractivity contribution is -0.234. The Morgan fingerprint density at radius 2 is 1.87 bits per heavy atom. The van der Waals surface area contributed by atoms with Crippen LogP contribution in [0.1, 0.15) is 34.1 Å². The average Bonchev–Trinajstić information content (AvgIpc) is 2.98. The topological polar surface area (TPSA) is 95.1 Å². The third kappa shape index (κ3) is 2.63. The Labute approximate surface area is 135 Å². The molecule has 0 aromatic heterocycles. The first-order valence-electron chi connectivity index (χ1n) is 7.86. The Hall–Kier alpha value is -1.22. The molecule has 0 aromatic rings. The third-order valence-corrected chi connectivity index (χ3v) is 4.43. The molecule has 23 heavy (non-hydrogen) atoms. The Bertz CT molecular complexity index is 522. The van der Waals surface area contributed by atoms with Crippen LogP contribution in [0.25, 0.3) is 0 Å². The lowest BCUT2D eigenvalue weighted by Gasteiger charge is -2.36. The quantitative estimate of drug-likeness (QED) is 0.730. The molecule has 3 saturated heterocycles. The summed E-state index contributed by atoms with van der Waals surface area (Å²) in [6, 6.07) is -0.519. The lowest BCUT2D eigenvalue weighted by Crippen LogP contribution is -2.61. The summed E-state index contributed by atoms with van der Waals surface area (Å²) in [6.45, 7) is 7.57. The predicted molar refractivity (Wildman–Crippen MR) is 78.4 cm³/mol. The molecule has 3 rings (SSSR count). The second-order valence-corrected chi connectivity index (χ2v) is 7.20. The van der Waals surface area contributed by atoms with E-state index in [1.165, 1.54) is 7.11 Å². The third-order valence-electron chi connectivity index (χ3n) is 4.43. The van der Waals surface area contributed by atoms with Crippen LogP contribution in [0, 0.1) is 5.92 Å². The number of methoxy groups -OCH3 is 1. The van der Waals surface area contributed by atoms with Crippen molar-refractivity contribution in [2.45, 2.75) is 70.0 Å². The normalized spacial score (nSPS) is 42.0. The zero-order valence-corrected chi connectivity index (χ0v) is 14.0. The largest absolute Gasteiger partial charge is 0.353 e. The Balaban J connectivity index is 1.96. The second kappa shape index (κ2) is 5.41. The SMILES string of the molecule is COC1OC(C2(CC(C)C)NC(=O)NC2=O)C2OC(C)(C)OC12. The number of nitrogens with one attached hydrogen (secondary N) is 2. The van der Waals surface area contributed by atoms with E-state index in [-0.39, 0.29) is 5.92 Å². The molecule has 3 fully saturated rings. The van der Waals surface area contributed by atoms with E-state index in [9.17, 15) is 9.59 Å². The van der Waals surface area contributed by atoms with Crippen molar-refractivity contribution >= 4 is 11.9 Å². The summed E-state index contributed by atoms with van der Waals surface area (Å²) in [4.78, 5) is 24.3. The number of carbonyl (C=O) groups excluding carboxylic acids is 2. The van der Waals surface area contributed by atoms with Gasteiger partial charge in [0.1, 0.15) is 23.9 Å². The second-order valence-electron chi connectivity index (χ2n) is 7.20. The molecule has 0 saturated carbocycles. The van der Waals surface area contributed by atoms with E-state index in [2.05, 4.69) is 10.6 Å². The highest BCUT2D eigenvalue weighted by atomic mass is 16.8. The zero-order valence-electron chi connectivity index (χ0n) is 14.0. The molecule has 3 amide bonds. The van der Waals surface area contributed by atoms with Crippen LogP contribution in [0.5, 0.6) is 0 Å². The minimum absolute atomic E-state index is 0.165. The zero-order chi connectivity index (χ0) is 17.0. The summed E-state index contributed by atoms with van der Waals surface area (Å²) in [5.41, 5.74) is -1.19. The molecular formula is C15H24N2O6. The van der Waals surface area contributed by atoms with Crippen LogP contribution in [0.2, 0.25) is 0 Å². The highest BCUT2D eigenvalue weighted by Gasteiger charge is 2.65. The molecule has 0 aromatic carbocycles. The van der Waals surface area contributed by atoms with Crippen LogP contribution in [0.4, 0.5) is 4.79 Å². The fraction of sp³-hybridized carbons (Fsp3) is 0.867. The first-order chi connectivity index (χ1) is 10.7. The monoisotopic (exact) mass is 328 g/mol. The molecule has 3 heterocycles. The first-order valence-corrected chi connectivity index (χ1v) is 7.86.